The van der Waals surface area contributed by atoms with E-state index in [0.29, 0.717) is 11.5 Å². The molecule has 1 atom stereocenters. The van der Waals surface area contributed by atoms with Crippen molar-refractivity contribution in [3.8, 4) is 11.3 Å². The molecule has 1 aliphatic heterocycles. The summed E-state index contributed by atoms with van der Waals surface area (Å²) >= 11 is 0. The van der Waals surface area contributed by atoms with Gasteiger partial charge in [-0.2, -0.15) is 0 Å². The quantitative estimate of drug-likeness (QED) is 0.754. The van der Waals surface area contributed by atoms with Crippen LogP contribution in [0.25, 0.3) is 11.3 Å². The number of amides is 1. The largest absolute Gasteiger partial charge is 0.381 e. The molecule has 0 saturated carbocycles. The number of carbonyl (C=O) groups is 1. The third-order valence-corrected chi connectivity index (χ3v) is 4.82. The molecule has 27 heavy (non-hydrogen) atoms. The van der Waals surface area contributed by atoms with Crippen LogP contribution in [0, 0.1) is 12.8 Å². The first kappa shape index (κ1) is 17.4. The predicted molar refractivity (Wildman–Crippen MR) is 104 cm³/mol. The van der Waals surface area contributed by atoms with E-state index in [-0.39, 0.29) is 5.91 Å². The molecule has 138 valence electrons. The lowest BCUT2D eigenvalue weighted by molar-refractivity contribution is 0.102. The first-order valence-corrected chi connectivity index (χ1v) is 9.14. The first-order valence-electron chi connectivity index (χ1n) is 9.14. The number of aryl methyl sites for hydroxylation is 1. The lowest BCUT2D eigenvalue weighted by Gasteiger charge is -2.09. The Morgan fingerprint density at radius 3 is 2.89 bits per heavy atom. The van der Waals surface area contributed by atoms with Gasteiger partial charge in [0.2, 0.25) is 0 Å². The molecule has 6 nitrogen and oxygen atoms in total. The Hall–Kier alpha value is -2.99. The Morgan fingerprint density at radius 1 is 1.26 bits per heavy atom. The number of nitrogens with one attached hydrogen (secondary N) is 1. The minimum absolute atomic E-state index is 0.129. The molecule has 0 bridgehead atoms. The second-order valence-corrected chi connectivity index (χ2v) is 6.91. The summed E-state index contributed by atoms with van der Waals surface area (Å²) in [6, 6.07) is 15.2. The Kier molecular flexibility index (Phi) is 4.98. The van der Waals surface area contributed by atoms with Gasteiger partial charge in [-0.3, -0.25) is 9.48 Å². The van der Waals surface area contributed by atoms with Crippen molar-refractivity contribution in [3.63, 3.8) is 0 Å². The highest BCUT2D eigenvalue weighted by Crippen LogP contribution is 2.22. The summed E-state index contributed by atoms with van der Waals surface area (Å²) in [6.07, 6.45) is 2.99. The van der Waals surface area contributed by atoms with Crippen LogP contribution in [-0.2, 0) is 11.3 Å². The highest BCUT2D eigenvalue weighted by atomic mass is 16.5. The molecule has 1 fully saturated rings. The topological polar surface area (TPSA) is 69.0 Å². The van der Waals surface area contributed by atoms with Crippen LogP contribution >= 0.6 is 0 Å². The number of nitrogens with zero attached hydrogens (tertiary/aromatic N) is 3. The summed E-state index contributed by atoms with van der Waals surface area (Å²) in [6.45, 7) is 4.34. The van der Waals surface area contributed by atoms with Crippen molar-refractivity contribution >= 4 is 11.6 Å². The van der Waals surface area contributed by atoms with E-state index in [1.54, 1.807) is 0 Å². The fourth-order valence-corrected chi connectivity index (χ4v) is 3.26. The molecule has 1 N–H and O–H groups in total. The van der Waals surface area contributed by atoms with E-state index in [2.05, 4.69) is 15.6 Å². The monoisotopic (exact) mass is 362 g/mol. The van der Waals surface area contributed by atoms with Gasteiger partial charge in [-0.25, -0.2) is 0 Å². The number of ether oxygens (including phenoxy) is 1. The Balaban J connectivity index is 1.53. The Labute approximate surface area is 158 Å². The zero-order valence-electron chi connectivity index (χ0n) is 15.3. The van der Waals surface area contributed by atoms with Crippen molar-refractivity contribution in [2.75, 3.05) is 18.5 Å². The number of anilines is 1. The van der Waals surface area contributed by atoms with Crippen LogP contribution < -0.4 is 5.32 Å². The van der Waals surface area contributed by atoms with Crippen molar-refractivity contribution in [3.05, 3.63) is 65.9 Å². The smallest absolute Gasteiger partial charge is 0.255 e. The van der Waals surface area contributed by atoms with Crippen LogP contribution in [0.15, 0.2) is 54.7 Å². The van der Waals surface area contributed by atoms with Crippen molar-refractivity contribution < 1.29 is 9.53 Å². The molecule has 6 heteroatoms. The van der Waals surface area contributed by atoms with Gasteiger partial charge < -0.3 is 10.1 Å². The summed E-state index contributed by atoms with van der Waals surface area (Å²) in [5.74, 6) is 0.362. The third kappa shape index (κ3) is 4.06. The van der Waals surface area contributed by atoms with E-state index in [4.69, 9.17) is 4.74 Å². The molecule has 2 aromatic carbocycles. The van der Waals surface area contributed by atoms with Gasteiger partial charge in [0.25, 0.3) is 5.91 Å². The van der Waals surface area contributed by atoms with Crippen molar-refractivity contribution in [1.29, 1.82) is 0 Å². The van der Waals surface area contributed by atoms with Crippen LogP contribution in [0.2, 0.25) is 0 Å². The second-order valence-electron chi connectivity index (χ2n) is 6.91. The van der Waals surface area contributed by atoms with Gasteiger partial charge in [0.15, 0.2) is 0 Å². The minimum atomic E-state index is -0.129. The van der Waals surface area contributed by atoms with Crippen molar-refractivity contribution in [2.24, 2.45) is 5.92 Å². The van der Waals surface area contributed by atoms with Crippen LogP contribution in [0.4, 0.5) is 5.69 Å². The summed E-state index contributed by atoms with van der Waals surface area (Å²) in [5, 5.41) is 11.5. The van der Waals surface area contributed by atoms with Gasteiger partial charge >= 0.3 is 0 Å². The molecule has 4 rings (SSSR count). The van der Waals surface area contributed by atoms with E-state index < -0.39 is 0 Å². The molecule has 3 aromatic rings. The molecule has 0 spiro atoms. The third-order valence-electron chi connectivity index (χ3n) is 4.82. The SMILES string of the molecule is Cc1ccc(-c2cn(CC3CCOC3)nn2)cc1C(=O)Nc1ccccc1. The minimum Gasteiger partial charge on any atom is -0.381 e. The second kappa shape index (κ2) is 7.72. The van der Waals surface area contributed by atoms with Gasteiger partial charge in [-0.1, -0.05) is 35.5 Å². The van der Waals surface area contributed by atoms with Crippen LogP contribution in [-0.4, -0.2) is 34.1 Å². The van der Waals surface area contributed by atoms with Gasteiger partial charge in [0.1, 0.15) is 5.69 Å². The number of carbonyl (C=O) groups excluding carboxylic acids is 1. The van der Waals surface area contributed by atoms with Crippen LogP contribution in [0.1, 0.15) is 22.3 Å². The van der Waals surface area contributed by atoms with Gasteiger partial charge in [-0.15, -0.1) is 5.10 Å². The fourth-order valence-electron chi connectivity index (χ4n) is 3.26. The normalized spacial score (nSPS) is 16.4. The molecular weight excluding hydrogens is 340 g/mol. The molecular formula is C21H22N4O2. The average Bonchev–Trinajstić information content (AvgIpc) is 3.35. The fraction of sp³-hybridized carbons (Fsp3) is 0.286. The summed E-state index contributed by atoms with van der Waals surface area (Å²) in [7, 11) is 0. The Morgan fingerprint density at radius 2 is 2.11 bits per heavy atom. The molecule has 1 amide bonds. The highest BCUT2D eigenvalue weighted by molar-refractivity contribution is 6.05. The summed E-state index contributed by atoms with van der Waals surface area (Å²) in [4.78, 5) is 12.7. The lowest BCUT2D eigenvalue weighted by atomic mass is 10.0. The molecule has 1 aromatic heterocycles. The number of benzene rings is 2. The molecule has 1 unspecified atom stereocenters. The Bertz CT molecular complexity index is 930. The summed E-state index contributed by atoms with van der Waals surface area (Å²) in [5.41, 5.74) is 3.98. The number of para-hydroxylation sites is 1. The predicted octanol–water partition coefficient (Wildman–Crippen LogP) is 3.54. The molecule has 1 saturated heterocycles. The molecule has 1 aliphatic rings. The van der Waals surface area contributed by atoms with E-state index in [0.717, 1.165) is 48.7 Å². The standard InChI is InChI=1S/C21H22N4O2/c1-15-7-8-17(11-19(15)21(26)22-18-5-3-2-4-6-18)20-13-25(24-23-20)12-16-9-10-27-14-16/h2-8,11,13,16H,9-10,12,14H2,1H3,(H,22,26). The van der Waals surface area contributed by atoms with E-state index in [1.165, 1.54) is 0 Å². The number of aromatic nitrogens is 3. The highest BCUT2D eigenvalue weighted by Gasteiger charge is 2.18. The summed E-state index contributed by atoms with van der Waals surface area (Å²) < 4.78 is 7.28. The maximum Gasteiger partial charge on any atom is 0.255 e. The molecule has 0 radical (unpaired) electrons. The zero-order valence-corrected chi connectivity index (χ0v) is 15.3. The average molecular weight is 362 g/mol. The van der Waals surface area contributed by atoms with E-state index in [1.807, 2.05) is 66.3 Å². The van der Waals surface area contributed by atoms with Gasteiger partial charge in [-0.05, 0) is 37.1 Å². The number of rotatable bonds is 5. The molecule has 2 heterocycles. The lowest BCUT2D eigenvalue weighted by Crippen LogP contribution is -2.13. The van der Waals surface area contributed by atoms with Gasteiger partial charge in [0.05, 0.1) is 12.8 Å². The first-order chi connectivity index (χ1) is 13.2. The van der Waals surface area contributed by atoms with Crippen molar-refractivity contribution in [1.82, 2.24) is 15.0 Å². The van der Waals surface area contributed by atoms with Crippen molar-refractivity contribution in [2.45, 2.75) is 19.9 Å². The maximum absolute atomic E-state index is 12.7. The number of hydrogen-bond acceptors (Lipinski definition) is 4. The van der Waals surface area contributed by atoms with E-state index >= 15 is 0 Å². The number of hydrogen-bond donors (Lipinski definition) is 1. The zero-order chi connectivity index (χ0) is 18.6. The van der Waals surface area contributed by atoms with Crippen LogP contribution in [0.5, 0.6) is 0 Å². The maximum atomic E-state index is 12.7. The van der Waals surface area contributed by atoms with Crippen LogP contribution in [0.3, 0.4) is 0 Å². The van der Waals surface area contributed by atoms with E-state index in [9.17, 15) is 4.79 Å². The van der Waals surface area contributed by atoms with Gasteiger partial charge in [0, 0.05) is 35.9 Å². The molecule has 0 aliphatic carbocycles.